The van der Waals surface area contributed by atoms with Crippen LogP contribution in [0.15, 0.2) is 48.5 Å². The molecule has 1 amide bonds. The Morgan fingerprint density at radius 2 is 1.76 bits per heavy atom. The summed E-state index contributed by atoms with van der Waals surface area (Å²) in [6, 6.07) is 15.0. The van der Waals surface area contributed by atoms with Crippen LogP contribution in [0.2, 0.25) is 5.02 Å². The highest BCUT2D eigenvalue weighted by Gasteiger charge is 2.03. The van der Waals surface area contributed by atoms with Crippen LogP contribution in [0.5, 0.6) is 5.75 Å². The maximum atomic E-state index is 11.8. The Balaban J connectivity index is 1.74. The summed E-state index contributed by atoms with van der Waals surface area (Å²) in [6.45, 7) is 0. The normalized spacial score (nSPS) is 10.2. The number of amides is 1. The van der Waals surface area contributed by atoms with Crippen molar-refractivity contribution in [1.82, 2.24) is 0 Å². The van der Waals surface area contributed by atoms with Crippen molar-refractivity contribution >= 4 is 23.2 Å². The van der Waals surface area contributed by atoms with E-state index in [2.05, 4.69) is 5.32 Å². The molecule has 0 radical (unpaired) electrons. The smallest absolute Gasteiger partial charge is 0.224 e. The molecule has 0 aliphatic heterocycles. The Bertz CT molecular complexity index is 579. The van der Waals surface area contributed by atoms with E-state index in [-0.39, 0.29) is 5.91 Å². The minimum absolute atomic E-state index is 0.0193. The molecule has 110 valence electrons. The van der Waals surface area contributed by atoms with Crippen molar-refractivity contribution in [2.75, 3.05) is 12.4 Å². The minimum atomic E-state index is 0.0193. The lowest BCUT2D eigenvalue weighted by Crippen LogP contribution is -2.11. The average Bonchev–Trinajstić information content (AvgIpc) is 2.50. The molecule has 0 bridgehead atoms. The highest BCUT2D eigenvalue weighted by atomic mass is 35.5. The highest BCUT2D eigenvalue weighted by Crippen LogP contribution is 2.15. The van der Waals surface area contributed by atoms with Crippen LogP contribution in [0.25, 0.3) is 0 Å². The predicted octanol–water partition coefficient (Wildman–Crippen LogP) is 4.31. The molecule has 0 fully saturated rings. The number of carbonyl (C=O) groups is 1. The van der Waals surface area contributed by atoms with Crippen molar-refractivity contribution in [3.8, 4) is 5.75 Å². The summed E-state index contributed by atoms with van der Waals surface area (Å²) in [6.07, 6.45) is 2.18. The number of benzene rings is 2. The van der Waals surface area contributed by atoms with E-state index in [1.165, 1.54) is 5.56 Å². The van der Waals surface area contributed by atoms with E-state index < -0.39 is 0 Å². The van der Waals surface area contributed by atoms with Gasteiger partial charge in [0.1, 0.15) is 5.75 Å². The van der Waals surface area contributed by atoms with Gasteiger partial charge in [-0.05, 0) is 54.8 Å². The van der Waals surface area contributed by atoms with Crippen LogP contribution in [-0.4, -0.2) is 13.0 Å². The average molecular weight is 304 g/mol. The van der Waals surface area contributed by atoms with Crippen LogP contribution in [0, 0.1) is 0 Å². The van der Waals surface area contributed by atoms with Gasteiger partial charge in [0.25, 0.3) is 0 Å². The van der Waals surface area contributed by atoms with Gasteiger partial charge >= 0.3 is 0 Å². The van der Waals surface area contributed by atoms with Gasteiger partial charge in [-0.2, -0.15) is 0 Å². The van der Waals surface area contributed by atoms with Gasteiger partial charge < -0.3 is 10.1 Å². The van der Waals surface area contributed by atoms with Gasteiger partial charge in [-0.15, -0.1) is 0 Å². The molecule has 0 spiro atoms. The number of methoxy groups -OCH3 is 1. The molecule has 2 rings (SSSR count). The van der Waals surface area contributed by atoms with Gasteiger partial charge in [0.05, 0.1) is 7.11 Å². The maximum absolute atomic E-state index is 11.8. The number of halogens is 1. The van der Waals surface area contributed by atoms with E-state index in [0.717, 1.165) is 24.3 Å². The molecule has 0 heterocycles. The fourth-order valence-electron chi connectivity index (χ4n) is 2.00. The third-order valence-electron chi connectivity index (χ3n) is 3.16. The summed E-state index contributed by atoms with van der Waals surface area (Å²) in [5.41, 5.74) is 1.98. The third kappa shape index (κ3) is 5.12. The molecule has 0 atom stereocenters. The van der Waals surface area contributed by atoms with Crippen LogP contribution in [0.4, 0.5) is 5.69 Å². The van der Waals surface area contributed by atoms with E-state index in [1.807, 2.05) is 24.3 Å². The summed E-state index contributed by atoms with van der Waals surface area (Å²) >= 11 is 5.80. The molecule has 0 aliphatic carbocycles. The van der Waals surface area contributed by atoms with Crippen molar-refractivity contribution < 1.29 is 9.53 Å². The van der Waals surface area contributed by atoms with Gasteiger partial charge in [-0.3, -0.25) is 4.79 Å². The second-order valence-corrected chi connectivity index (χ2v) is 5.19. The standard InChI is InChI=1S/C17H18ClNO2/c1-21-16-11-5-13(6-12-16)3-2-4-17(20)19-15-9-7-14(18)8-10-15/h5-12H,2-4H2,1H3,(H,19,20). The SMILES string of the molecule is COc1ccc(CCCC(=O)Nc2ccc(Cl)cc2)cc1. The zero-order valence-electron chi connectivity index (χ0n) is 11.9. The zero-order chi connectivity index (χ0) is 15.1. The lowest BCUT2D eigenvalue weighted by Gasteiger charge is -2.06. The number of hydrogen-bond acceptors (Lipinski definition) is 2. The molecule has 1 N–H and O–H groups in total. The Morgan fingerprint density at radius 3 is 2.38 bits per heavy atom. The minimum Gasteiger partial charge on any atom is -0.497 e. The third-order valence-corrected chi connectivity index (χ3v) is 3.41. The fraction of sp³-hybridized carbons (Fsp3) is 0.235. The molecular weight excluding hydrogens is 286 g/mol. The van der Waals surface area contributed by atoms with Crippen molar-refractivity contribution in [2.24, 2.45) is 0 Å². The van der Waals surface area contributed by atoms with Crippen molar-refractivity contribution in [2.45, 2.75) is 19.3 Å². The highest BCUT2D eigenvalue weighted by molar-refractivity contribution is 6.30. The molecule has 0 saturated carbocycles. The second kappa shape index (κ2) is 7.70. The van der Waals surface area contributed by atoms with Crippen molar-refractivity contribution in [3.05, 3.63) is 59.1 Å². The van der Waals surface area contributed by atoms with Crippen LogP contribution < -0.4 is 10.1 Å². The summed E-state index contributed by atoms with van der Waals surface area (Å²) in [5, 5.41) is 3.52. The maximum Gasteiger partial charge on any atom is 0.224 e. The molecule has 0 aliphatic rings. The summed E-state index contributed by atoms with van der Waals surface area (Å²) in [4.78, 5) is 11.8. The Hall–Kier alpha value is -2.00. The van der Waals surface area contributed by atoms with Crippen LogP contribution in [0.1, 0.15) is 18.4 Å². The van der Waals surface area contributed by atoms with Gasteiger partial charge in [0.2, 0.25) is 5.91 Å². The van der Waals surface area contributed by atoms with Crippen LogP contribution in [-0.2, 0) is 11.2 Å². The number of aryl methyl sites for hydroxylation is 1. The van der Waals surface area contributed by atoms with E-state index in [4.69, 9.17) is 16.3 Å². The molecule has 2 aromatic rings. The number of hydrogen-bond donors (Lipinski definition) is 1. The number of anilines is 1. The van der Waals surface area contributed by atoms with Crippen LogP contribution in [0.3, 0.4) is 0 Å². The first-order chi connectivity index (χ1) is 10.2. The molecule has 0 unspecified atom stereocenters. The Labute approximate surface area is 129 Å². The van der Waals surface area contributed by atoms with Gasteiger partial charge in [0, 0.05) is 17.1 Å². The lowest BCUT2D eigenvalue weighted by molar-refractivity contribution is -0.116. The van der Waals surface area contributed by atoms with E-state index in [9.17, 15) is 4.79 Å². The Kier molecular flexibility index (Phi) is 5.64. The zero-order valence-corrected chi connectivity index (χ0v) is 12.7. The first-order valence-corrected chi connectivity index (χ1v) is 7.23. The predicted molar refractivity (Wildman–Crippen MR) is 86.0 cm³/mol. The van der Waals surface area contributed by atoms with Crippen molar-refractivity contribution in [1.29, 1.82) is 0 Å². The number of carbonyl (C=O) groups excluding carboxylic acids is 1. The molecule has 21 heavy (non-hydrogen) atoms. The molecule has 3 nitrogen and oxygen atoms in total. The molecule has 0 saturated heterocycles. The molecule has 4 heteroatoms. The molecule has 2 aromatic carbocycles. The van der Waals surface area contributed by atoms with E-state index in [1.54, 1.807) is 31.4 Å². The summed E-state index contributed by atoms with van der Waals surface area (Å²) < 4.78 is 5.11. The van der Waals surface area contributed by atoms with E-state index in [0.29, 0.717) is 11.4 Å². The first kappa shape index (κ1) is 15.4. The fourth-order valence-corrected chi connectivity index (χ4v) is 2.13. The van der Waals surface area contributed by atoms with Gasteiger partial charge in [0.15, 0.2) is 0 Å². The monoisotopic (exact) mass is 303 g/mol. The van der Waals surface area contributed by atoms with Gasteiger partial charge in [-0.25, -0.2) is 0 Å². The largest absolute Gasteiger partial charge is 0.497 e. The van der Waals surface area contributed by atoms with Crippen LogP contribution >= 0.6 is 11.6 Å². The first-order valence-electron chi connectivity index (χ1n) is 6.86. The quantitative estimate of drug-likeness (QED) is 0.863. The second-order valence-electron chi connectivity index (χ2n) is 4.76. The molecular formula is C17H18ClNO2. The number of rotatable bonds is 6. The number of ether oxygens (including phenoxy) is 1. The summed E-state index contributed by atoms with van der Waals surface area (Å²) in [7, 11) is 1.65. The van der Waals surface area contributed by atoms with Gasteiger partial charge in [-0.1, -0.05) is 23.7 Å². The van der Waals surface area contributed by atoms with Crippen molar-refractivity contribution in [3.63, 3.8) is 0 Å². The Morgan fingerprint density at radius 1 is 1.10 bits per heavy atom. The summed E-state index contributed by atoms with van der Waals surface area (Å²) in [5.74, 6) is 0.866. The molecule has 0 aromatic heterocycles. The number of nitrogens with one attached hydrogen (secondary N) is 1. The lowest BCUT2D eigenvalue weighted by atomic mass is 10.1. The van der Waals surface area contributed by atoms with E-state index >= 15 is 0 Å². The topological polar surface area (TPSA) is 38.3 Å².